The second kappa shape index (κ2) is 5.27. The molecule has 0 radical (unpaired) electrons. The predicted octanol–water partition coefficient (Wildman–Crippen LogP) is 2.24. The smallest absolute Gasteiger partial charge is 0.338 e. The first-order chi connectivity index (χ1) is 8.70. The first-order valence-corrected chi connectivity index (χ1v) is 5.49. The molecule has 0 aliphatic carbocycles. The van der Waals surface area contributed by atoms with Crippen molar-refractivity contribution in [3.05, 3.63) is 42.2 Å². The van der Waals surface area contributed by atoms with Crippen LogP contribution in [0.3, 0.4) is 0 Å². The molecule has 0 unspecified atom stereocenters. The summed E-state index contributed by atoms with van der Waals surface area (Å²) in [6, 6.07) is 7.35. The van der Waals surface area contributed by atoms with E-state index in [0.717, 1.165) is 11.3 Å². The van der Waals surface area contributed by atoms with Gasteiger partial charge < -0.3 is 9.84 Å². The molecule has 1 aromatic carbocycles. The summed E-state index contributed by atoms with van der Waals surface area (Å²) in [4.78, 5) is 18.7. The van der Waals surface area contributed by atoms with E-state index >= 15 is 0 Å². The maximum absolute atomic E-state index is 10.7. The van der Waals surface area contributed by atoms with E-state index in [2.05, 4.69) is 9.97 Å². The number of nitrogens with zero attached hydrogens (tertiary/aromatic N) is 2. The molecule has 0 fully saturated rings. The van der Waals surface area contributed by atoms with Crippen molar-refractivity contribution < 1.29 is 14.6 Å². The number of benzene rings is 1. The molecule has 5 nitrogen and oxygen atoms in total. The molecule has 0 bridgehead atoms. The summed E-state index contributed by atoms with van der Waals surface area (Å²) < 4.78 is 5.38. The molecule has 0 amide bonds. The Balaban J connectivity index is 2.30. The fourth-order valence-corrected chi connectivity index (χ4v) is 1.48. The normalized spacial score (nSPS) is 10.1. The van der Waals surface area contributed by atoms with Gasteiger partial charge in [-0.05, 0) is 19.1 Å². The van der Waals surface area contributed by atoms with E-state index in [1.165, 1.54) is 12.4 Å². The van der Waals surface area contributed by atoms with Gasteiger partial charge in [-0.15, -0.1) is 0 Å². The number of aromatic carboxylic acids is 1. The summed E-state index contributed by atoms with van der Waals surface area (Å²) in [5.74, 6) is 0.173. The first-order valence-electron chi connectivity index (χ1n) is 5.49. The van der Waals surface area contributed by atoms with Crippen LogP contribution in [0.25, 0.3) is 11.4 Å². The zero-order chi connectivity index (χ0) is 13.0. The molecule has 0 saturated carbocycles. The summed E-state index contributed by atoms with van der Waals surface area (Å²) in [5, 5.41) is 8.76. The number of rotatable bonds is 4. The molecule has 0 aliphatic rings. The van der Waals surface area contributed by atoms with Crippen LogP contribution in [0.4, 0.5) is 0 Å². The highest BCUT2D eigenvalue weighted by Gasteiger charge is 2.06. The van der Waals surface area contributed by atoms with E-state index in [4.69, 9.17) is 9.84 Å². The van der Waals surface area contributed by atoms with Crippen molar-refractivity contribution in [1.29, 1.82) is 0 Å². The van der Waals surface area contributed by atoms with Crippen molar-refractivity contribution in [1.82, 2.24) is 9.97 Å². The maximum atomic E-state index is 10.7. The number of carboxylic acids is 1. The lowest BCUT2D eigenvalue weighted by atomic mass is 10.2. The van der Waals surface area contributed by atoms with E-state index in [9.17, 15) is 4.79 Å². The standard InChI is InChI=1S/C13H12N2O3/c1-2-18-11-5-3-4-9(6-11)12-14-7-10(8-15-12)13(16)17/h3-8H,2H2,1H3,(H,16,17). The highest BCUT2D eigenvalue weighted by Crippen LogP contribution is 2.20. The quantitative estimate of drug-likeness (QED) is 0.892. The van der Waals surface area contributed by atoms with Gasteiger partial charge >= 0.3 is 5.97 Å². The zero-order valence-corrected chi connectivity index (χ0v) is 9.83. The second-order valence-corrected chi connectivity index (χ2v) is 3.56. The highest BCUT2D eigenvalue weighted by molar-refractivity contribution is 5.86. The van der Waals surface area contributed by atoms with Gasteiger partial charge in [-0.2, -0.15) is 0 Å². The van der Waals surface area contributed by atoms with E-state index in [1.807, 2.05) is 31.2 Å². The van der Waals surface area contributed by atoms with Crippen molar-refractivity contribution >= 4 is 5.97 Å². The molecule has 1 aromatic heterocycles. The minimum atomic E-state index is -1.04. The Labute approximate surface area is 104 Å². The van der Waals surface area contributed by atoms with Crippen LogP contribution in [0.2, 0.25) is 0 Å². The summed E-state index contributed by atoms with van der Waals surface area (Å²) in [7, 11) is 0. The molecule has 0 aliphatic heterocycles. The molecule has 2 aromatic rings. The van der Waals surface area contributed by atoms with Gasteiger partial charge in [0, 0.05) is 18.0 Å². The third-order valence-electron chi connectivity index (χ3n) is 2.30. The fourth-order valence-electron chi connectivity index (χ4n) is 1.48. The molecule has 1 heterocycles. The van der Waals surface area contributed by atoms with E-state index in [0.29, 0.717) is 12.4 Å². The van der Waals surface area contributed by atoms with Gasteiger partial charge in [0.1, 0.15) is 5.75 Å². The van der Waals surface area contributed by atoms with E-state index < -0.39 is 5.97 Å². The largest absolute Gasteiger partial charge is 0.494 e. The van der Waals surface area contributed by atoms with Crippen molar-refractivity contribution in [2.45, 2.75) is 6.92 Å². The number of carbonyl (C=O) groups is 1. The summed E-state index contributed by atoms with van der Waals surface area (Å²) in [6.45, 7) is 2.49. The van der Waals surface area contributed by atoms with Crippen LogP contribution < -0.4 is 4.74 Å². The Morgan fingerprint density at radius 2 is 2.06 bits per heavy atom. The Hall–Kier alpha value is -2.43. The first kappa shape index (κ1) is 12.0. The molecular weight excluding hydrogens is 232 g/mol. The predicted molar refractivity (Wildman–Crippen MR) is 65.6 cm³/mol. The number of ether oxygens (including phenoxy) is 1. The average Bonchev–Trinajstić information content (AvgIpc) is 2.39. The van der Waals surface area contributed by atoms with Gasteiger partial charge in [0.05, 0.1) is 12.2 Å². The minimum Gasteiger partial charge on any atom is -0.494 e. The average molecular weight is 244 g/mol. The summed E-state index contributed by atoms with van der Waals surface area (Å²) in [5.41, 5.74) is 0.859. The highest BCUT2D eigenvalue weighted by atomic mass is 16.5. The van der Waals surface area contributed by atoms with Crippen LogP contribution in [-0.4, -0.2) is 27.7 Å². The Bertz CT molecular complexity index is 552. The second-order valence-electron chi connectivity index (χ2n) is 3.56. The van der Waals surface area contributed by atoms with E-state index in [1.54, 1.807) is 0 Å². The topological polar surface area (TPSA) is 72.3 Å². The number of aromatic nitrogens is 2. The zero-order valence-electron chi connectivity index (χ0n) is 9.83. The molecule has 0 spiro atoms. The van der Waals surface area contributed by atoms with E-state index in [-0.39, 0.29) is 5.56 Å². The monoisotopic (exact) mass is 244 g/mol. The molecule has 0 atom stereocenters. The third-order valence-corrected chi connectivity index (χ3v) is 2.30. The lowest BCUT2D eigenvalue weighted by molar-refractivity contribution is 0.0696. The van der Waals surface area contributed by atoms with Gasteiger partial charge in [0.25, 0.3) is 0 Å². The van der Waals surface area contributed by atoms with Gasteiger partial charge in [-0.25, -0.2) is 14.8 Å². The van der Waals surface area contributed by atoms with Crippen LogP contribution >= 0.6 is 0 Å². The molecule has 0 saturated heterocycles. The molecule has 1 N–H and O–H groups in total. The number of hydrogen-bond acceptors (Lipinski definition) is 4. The van der Waals surface area contributed by atoms with Crippen molar-refractivity contribution in [2.24, 2.45) is 0 Å². The Morgan fingerprint density at radius 1 is 1.33 bits per heavy atom. The van der Waals surface area contributed by atoms with Crippen molar-refractivity contribution in [3.63, 3.8) is 0 Å². The van der Waals surface area contributed by atoms with Gasteiger partial charge in [-0.3, -0.25) is 0 Å². The number of hydrogen-bond donors (Lipinski definition) is 1. The van der Waals surface area contributed by atoms with Crippen LogP contribution in [-0.2, 0) is 0 Å². The summed E-state index contributed by atoms with van der Waals surface area (Å²) in [6.07, 6.45) is 2.58. The lowest BCUT2D eigenvalue weighted by Crippen LogP contribution is -1.99. The van der Waals surface area contributed by atoms with Crippen molar-refractivity contribution in [2.75, 3.05) is 6.61 Å². The maximum Gasteiger partial charge on any atom is 0.338 e. The molecule has 2 rings (SSSR count). The minimum absolute atomic E-state index is 0.0692. The SMILES string of the molecule is CCOc1cccc(-c2ncc(C(=O)O)cn2)c1. The molecule has 18 heavy (non-hydrogen) atoms. The Kier molecular flexibility index (Phi) is 3.52. The molecule has 5 heteroatoms. The lowest BCUT2D eigenvalue weighted by Gasteiger charge is -2.05. The third kappa shape index (κ3) is 2.63. The molecule has 92 valence electrons. The van der Waals surface area contributed by atoms with Crippen LogP contribution in [0.1, 0.15) is 17.3 Å². The Morgan fingerprint density at radius 3 is 2.67 bits per heavy atom. The van der Waals surface area contributed by atoms with Crippen LogP contribution in [0.5, 0.6) is 5.75 Å². The van der Waals surface area contributed by atoms with Gasteiger partial charge in [0.2, 0.25) is 0 Å². The van der Waals surface area contributed by atoms with Crippen LogP contribution in [0.15, 0.2) is 36.7 Å². The van der Waals surface area contributed by atoms with Gasteiger partial charge in [-0.1, -0.05) is 12.1 Å². The summed E-state index contributed by atoms with van der Waals surface area (Å²) >= 11 is 0. The van der Waals surface area contributed by atoms with Crippen molar-refractivity contribution in [3.8, 4) is 17.1 Å². The van der Waals surface area contributed by atoms with Gasteiger partial charge in [0.15, 0.2) is 5.82 Å². The number of carboxylic acid groups (broad SMARTS) is 1. The van der Waals surface area contributed by atoms with Crippen LogP contribution in [0, 0.1) is 0 Å². The fraction of sp³-hybridized carbons (Fsp3) is 0.154. The molecular formula is C13H12N2O3.